The van der Waals surface area contributed by atoms with Crippen LogP contribution in [0.2, 0.25) is 0 Å². The van der Waals surface area contributed by atoms with Crippen LogP contribution in [0.15, 0.2) is 17.4 Å². The topological polar surface area (TPSA) is 203 Å². The fourth-order valence-corrected chi connectivity index (χ4v) is 6.43. The number of aromatic hydroxyl groups is 1. The molecule has 1 saturated carbocycles. The number of fused-ring (bicyclic) bond motifs is 3. The zero-order chi connectivity index (χ0) is 29.1. The molecular formula is C26H34N4O9. The summed E-state index contributed by atoms with van der Waals surface area (Å²) in [6.07, 6.45) is -2.25. The molecule has 4 rings (SSSR count). The minimum absolute atomic E-state index is 0.00859. The summed E-state index contributed by atoms with van der Waals surface area (Å²) in [6, 6.07) is 0.545. The predicted molar refractivity (Wildman–Crippen MR) is 138 cm³/mol. The van der Waals surface area contributed by atoms with Crippen LogP contribution < -0.4 is 16.0 Å². The van der Waals surface area contributed by atoms with E-state index in [2.05, 4.69) is 5.32 Å². The maximum Gasteiger partial charge on any atom is 0.411 e. The second-order valence-corrected chi connectivity index (χ2v) is 10.7. The molecule has 1 fully saturated rings. The molecule has 3 aliphatic carbocycles. The van der Waals surface area contributed by atoms with Crippen LogP contribution in [-0.4, -0.2) is 101 Å². The highest BCUT2D eigenvalue weighted by Gasteiger charge is 2.66. The quantitative estimate of drug-likeness (QED) is 0.213. The van der Waals surface area contributed by atoms with Crippen LogP contribution in [0.25, 0.3) is 0 Å². The van der Waals surface area contributed by atoms with E-state index in [-0.39, 0.29) is 36.3 Å². The molecule has 0 heterocycles. The summed E-state index contributed by atoms with van der Waals surface area (Å²) in [4.78, 5) is 54.8. The van der Waals surface area contributed by atoms with Crippen molar-refractivity contribution in [1.29, 1.82) is 0 Å². The number of nitrogens with one attached hydrogen (secondary N) is 1. The second-order valence-electron chi connectivity index (χ2n) is 10.7. The van der Waals surface area contributed by atoms with E-state index >= 15 is 0 Å². The van der Waals surface area contributed by atoms with Gasteiger partial charge in [0.15, 0.2) is 22.9 Å². The summed E-state index contributed by atoms with van der Waals surface area (Å²) in [6.45, 7) is 1.68. The highest BCUT2D eigenvalue weighted by molar-refractivity contribution is 6.17. The highest BCUT2D eigenvalue weighted by atomic mass is 16.5. The fraction of sp³-hybridized carbons (Fsp3) is 0.538. The Balaban J connectivity index is 1.93. The van der Waals surface area contributed by atoms with Gasteiger partial charge in [-0.3, -0.25) is 19.7 Å². The van der Waals surface area contributed by atoms with E-state index in [0.29, 0.717) is 11.3 Å². The number of allylic oxidation sites excluding steroid dienone is 1. The zero-order valence-electron chi connectivity index (χ0n) is 22.4. The van der Waals surface area contributed by atoms with Crippen LogP contribution in [-0.2, 0) is 20.7 Å². The first kappa shape index (κ1) is 28.3. The Kier molecular flexibility index (Phi) is 7.13. The molecule has 0 radical (unpaired) electrons. The fourth-order valence-electron chi connectivity index (χ4n) is 6.43. The minimum atomic E-state index is -2.67. The summed E-state index contributed by atoms with van der Waals surface area (Å²) >= 11 is 0. The van der Waals surface area contributed by atoms with E-state index < -0.39 is 70.6 Å². The molecule has 39 heavy (non-hydrogen) atoms. The molecule has 2 amide bonds. The molecule has 2 unspecified atom stereocenters. The standard InChI is InChI=1S/C26H34N4O9/c1-6-39-25(37)28-13-9-14(29(2)3)11-7-10-8-12-18(30(4)5)21(33)17(24(27)36)23(35)26(12,38)22(34)15(10)20(32)16(11)19(13)31/h9-10,12,17-18,21,31,33-34,38H,6-8H2,1-5H3,(H2,27,36)(H,28,37)/t10-,12-,17?,18-,21?,26-/m0/s1. The molecule has 1 aromatic carbocycles. The SMILES string of the molecule is CCOC(=O)Nc1cc(N(C)C)c2c(c1O)C(=O)C1=C(O)[C@]3(O)C(=O)C(C(N)=O)C(O)[C@@H](N(C)C)[C@@H]3C[C@@H]1C2. The number of hydrogen-bond acceptors (Lipinski definition) is 11. The number of phenols is 1. The van der Waals surface area contributed by atoms with E-state index in [9.17, 15) is 39.6 Å². The lowest BCUT2D eigenvalue weighted by molar-refractivity contribution is -0.178. The van der Waals surface area contributed by atoms with Gasteiger partial charge in [0.1, 0.15) is 11.7 Å². The third kappa shape index (κ3) is 4.12. The van der Waals surface area contributed by atoms with Gasteiger partial charge in [-0.15, -0.1) is 0 Å². The van der Waals surface area contributed by atoms with Crippen molar-refractivity contribution >= 4 is 34.9 Å². The Bertz CT molecular complexity index is 1290. The number of carbonyl (C=O) groups excluding carboxylic acids is 4. The number of rotatable bonds is 5. The number of aliphatic hydroxyl groups is 3. The number of ether oxygens (including phenoxy) is 1. The Labute approximate surface area is 224 Å². The summed E-state index contributed by atoms with van der Waals surface area (Å²) < 4.78 is 4.88. The molecule has 0 bridgehead atoms. The molecule has 0 aromatic heterocycles. The van der Waals surface area contributed by atoms with Gasteiger partial charge in [0.25, 0.3) is 0 Å². The van der Waals surface area contributed by atoms with Crippen LogP contribution in [0.3, 0.4) is 0 Å². The first-order chi connectivity index (χ1) is 18.2. The molecule has 6 atom stereocenters. The van der Waals surface area contributed by atoms with E-state index in [0.717, 1.165) is 0 Å². The van der Waals surface area contributed by atoms with Crippen molar-refractivity contribution in [2.75, 3.05) is 45.0 Å². The number of anilines is 2. The Hall–Kier alpha value is -3.68. The predicted octanol–water partition coefficient (Wildman–Crippen LogP) is -0.0800. The van der Waals surface area contributed by atoms with Gasteiger partial charge in [0.2, 0.25) is 5.91 Å². The lowest BCUT2D eigenvalue weighted by Gasteiger charge is -2.53. The van der Waals surface area contributed by atoms with E-state index in [1.54, 1.807) is 44.9 Å². The van der Waals surface area contributed by atoms with Crippen molar-refractivity contribution in [3.05, 3.63) is 28.5 Å². The van der Waals surface area contributed by atoms with Crippen LogP contribution in [0, 0.1) is 17.8 Å². The largest absolute Gasteiger partial charge is 0.508 e. The molecule has 13 heteroatoms. The van der Waals surface area contributed by atoms with Crippen molar-refractivity contribution in [3.8, 4) is 5.75 Å². The van der Waals surface area contributed by atoms with Crippen LogP contribution in [0.1, 0.15) is 29.3 Å². The average Bonchev–Trinajstić information content (AvgIpc) is 2.82. The number of Topliss-reactive ketones (excluding diaryl/α,β-unsaturated/α-hetero) is 2. The Morgan fingerprint density at radius 1 is 1.21 bits per heavy atom. The monoisotopic (exact) mass is 546 g/mol. The lowest BCUT2D eigenvalue weighted by Crippen LogP contribution is -2.71. The van der Waals surface area contributed by atoms with Crippen molar-refractivity contribution < 1.29 is 44.3 Å². The first-order valence-electron chi connectivity index (χ1n) is 12.6. The number of ketones is 2. The molecule has 0 saturated heterocycles. The minimum Gasteiger partial charge on any atom is -0.508 e. The third-order valence-electron chi connectivity index (χ3n) is 8.06. The molecular weight excluding hydrogens is 512 g/mol. The third-order valence-corrected chi connectivity index (χ3v) is 8.06. The molecule has 0 spiro atoms. The van der Waals surface area contributed by atoms with Gasteiger partial charge in [-0.25, -0.2) is 4.79 Å². The number of carbonyl (C=O) groups is 4. The van der Waals surface area contributed by atoms with Gasteiger partial charge < -0.3 is 40.7 Å². The lowest BCUT2D eigenvalue weighted by atomic mass is 9.56. The first-order valence-corrected chi connectivity index (χ1v) is 12.6. The molecule has 13 nitrogen and oxygen atoms in total. The molecule has 0 aliphatic heterocycles. The maximum atomic E-state index is 13.9. The molecule has 212 valence electrons. The van der Waals surface area contributed by atoms with Crippen LogP contribution >= 0.6 is 0 Å². The second kappa shape index (κ2) is 9.81. The van der Waals surface area contributed by atoms with Gasteiger partial charge in [0.05, 0.1) is 24.0 Å². The zero-order valence-corrected chi connectivity index (χ0v) is 22.4. The van der Waals surface area contributed by atoms with Gasteiger partial charge in [-0.1, -0.05) is 0 Å². The smallest absolute Gasteiger partial charge is 0.411 e. The maximum absolute atomic E-state index is 13.9. The molecule has 1 aromatic rings. The number of likely N-dealkylation sites (N-methyl/N-ethyl adjacent to an activating group) is 1. The summed E-state index contributed by atoms with van der Waals surface area (Å²) in [7, 11) is 6.63. The number of amides is 2. The van der Waals surface area contributed by atoms with Crippen LogP contribution in [0.5, 0.6) is 5.75 Å². The van der Waals surface area contributed by atoms with Gasteiger partial charge >= 0.3 is 6.09 Å². The average molecular weight is 547 g/mol. The number of nitrogens with zero attached hydrogens (tertiary/aromatic N) is 2. The molecule has 7 N–H and O–H groups in total. The summed E-state index contributed by atoms with van der Waals surface area (Å²) in [5.74, 6) is -8.28. The number of nitrogens with two attached hydrogens (primary N) is 1. The van der Waals surface area contributed by atoms with E-state index in [1.807, 2.05) is 0 Å². The normalized spacial score (nSPS) is 29.9. The Morgan fingerprint density at radius 3 is 2.38 bits per heavy atom. The van der Waals surface area contributed by atoms with Crippen LogP contribution in [0.4, 0.5) is 16.2 Å². The number of benzene rings is 1. The van der Waals surface area contributed by atoms with Crippen molar-refractivity contribution in [1.82, 2.24) is 4.90 Å². The van der Waals surface area contributed by atoms with E-state index in [4.69, 9.17) is 10.5 Å². The summed E-state index contributed by atoms with van der Waals surface area (Å²) in [5, 5.41) is 47.6. The van der Waals surface area contributed by atoms with Crippen molar-refractivity contribution in [3.63, 3.8) is 0 Å². The van der Waals surface area contributed by atoms with Gasteiger partial charge in [0, 0.05) is 37.3 Å². The van der Waals surface area contributed by atoms with Crippen molar-refractivity contribution in [2.24, 2.45) is 23.5 Å². The number of aliphatic hydroxyl groups excluding tert-OH is 2. The summed E-state index contributed by atoms with van der Waals surface area (Å²) in [5.41, 5.74) is 3.11. The van der Waals surface area contributed by atoms with Gasteiger partial charge in [-0.05, 0) is 51.4 Å². The highest BCUT2D eigenvalue weighted by Crippen LogP contribution is 2.54. The molecule has 3 aliphatic rings. The van der Waals surface area contributed by atoms with Gasteiger partial charge in [-0.2, -0.15) is 0 Å². The van der Waals surface area contributed by atoms with E-state index in [1.165, 1.54) is 6.07 Å². The Morgan fingerprint density at radius 2 is 1.85 bits per heavy atom. The number of hydrogen-bond donors (Lipinski definition) is 6. The number of primary amides is 1. The van der Waals surface area contributed by atoms with Crippen molar-refractivity contribution in [2.45, 2.75) is 37.5 Å². The number of phenolic OH excluding ortho intramolecular Hbond substituents is 1.